The van der Waals surface area contributed by atoms with Crippen molar-refractivity contribution in [2.75, 3.05) is 13.3 Å². The number of hydrogen-bond donors (Lipinski definition) is 2. The second-order valence-corrected chi connectivity index (χ2v) is 3.80. The number of halogens is 2. The second kappa shape index (κ2) is 6.96. The van der Waals surface area contributed by atoms with E-state index in [1.54, 1.807) is 12.1 Å². The van der Waals surface area contributed by atoms with Gasteiger partial charge in [0.05, 0.1) is 24.8 Å². The second-order valence-electron chi connectivity index (χ2n) is 3.40. The summed E-state index contributed by atoms with van der Waals surface area (Å²) in [5.41, 5.74) is 11.3. The Hall–Kier alpha value is -1.49. The van der Waals surface area contributed by atoms with Crippen LogP contribution in [0.2, 0.25) is 5.02 Å². The Bertz CT molecular complexity index is 394. The highest BCUT2D eigenvalue weighted by Crippen LogP contribution is 2.25. The van der Waals surface area contributed by atoms with Crippen LogP contribution in [0.15, 0.2) is 23.2 Å². The van der Waals surface area contributed by atoms with Gasteiger partial charge in [0.15, 0.2) is 5.96 Å². The zero-order valence-electron chi connectivity index (χ0n) is 9.33. The maximum atomic E-state index is 11.9. The summed E-state index contributed by atoms with van der Waals surface area (Å²) in [6.07, 6.45) is 0.353. The first-order chi connectivity index (χ1) is 8.13. The minimum atomic E-state index is -0.403. The Morgan fingerprint density at radius 2 is 2.18 bits per heavy atom. The van der Waals surface area contributed by atoms with Crippen molar-refractivity contribution in [2.24, 2.45) is 16.5 Å². The fourth-order valence-electron chi connectivity index (χ4n) is 1.18. The molecule has 17 heavy (non-hydrogen) atoms. The SMILES string of the molecule is NC(N)=NCc1ccc(OCCCF)c(Cl)c1. The van der Waals surface area contributed by atoms with Crippen molar-refractivity contribution in [3.05, 3.63) is 28.8 Å². The maximum Gasteiger partial charge on any atom is 0.186 e. The predicted molar refractivity (Wildman–Crippen MR) is 67.1 cm³/mol. The summed E-state index contributed by atoms with van der Waals surface area (Å²) in [5, 5.41) is 0.465. The monoisotopic (exact) mass is 259 g/mol. The van der Waals surface area contributed by atoms with Gasteiger partial charge in [0, 0.05) is 6.42 Å². The van der Waals surface area contributed by atoms with Gasteiger partial charge in [-0.05, 0) is 17.7 Å². The molecule has 94 valence electrons. The van der Waals surface area contributed by atoms with Crippen LogP contribution >= 0.6 is 11.6 Å². The Kier molecular flexibility index (Phi) is 5.56. The van der Waals surface area contributed by atoms with Crippen LogP contribution in [0.4, 0.5) is 4.39 Å². The summed E-state index contributed by atoms with van der Waals surface area (Å²) in [6.45, 7) is 0.274. The van der Waals surface area contributed by atoms with Crippen LogP contribution in [0.3, 0.4) is 0 Å². The van der Waals surface area contributed by atoms with Gasteiger partial charge in [0.25, 0.3) is 0 Å². The molecule has 4 N–H and O–H groups in total. The number of hydrogen-bond acceptors (Lipinski definition) is 2. The largest absolute Gasteiger partial charge is 0.492 e. The fourth-order valence-corrected chi connectivity index (χ4v) is 1.44. The van der Waals surface area contributed by atoms with E-state index >= 15 is 0 Å². The minimum Gasteiger partial charge on any atom is -0.492 e. The molecule has 0 aliphatic heterocycles. The molecule has 1 aromatic carbocycles. The lowest BCUT2D eigenvalue weighted by Crippen LogP contribution is -2.22. The molecule has 0 aliphatic carbocycles. The third kappa shape index (κ3) is 4.91. The van der Waals surface area contributed by atoms with Gasteiger partial charge in [-0.1, -0.05) is 17.7 Å². The first-order valence-corrected chi connectivity index (χ1v) is 5.54. The first kappa shape index (κ1) is 13.6. The molecule has 0 aliphatic rings. The molecular weight excluding hydrogens is 245 g/mol. The standard InChI is InChI=1S/C11H15ClFN3O/c12-9-6-8(7-16-11(14)15)2-3-10(9)17-5-1-4-13/h2-3,6H,1,4-5,7H2,(H4,14,15,16). The van der Waals surface area contributed by atoms with Crippen LogP contribution in [0.25, 0.3) is 0 Å². The molecule has 0 spiro atoms. The Balaban J connectivity index is 2.62. The normalized spacial score (nSPS) is 10.0. The van der Waals surface area contributed by atoms with E-state index in [2.05, 4.69) is 4.99 Å². The number of guanidine groups is 1. The first-order valence-electron chi connectivity index (χ1n) is 5.16. The quantitative estimate of drug-likeness (QED) is 0.465. The van der Waals surface area contributed by atoms with E-state index in [-0.39, 0.29) is 5.96 Å². The maximum absolute atomic E-state index is 11.9. The molecule has 6 heteroatoms. The van der Waals surface area contributed by atoms with Crippen LogP contribution in [-0.2, 0) is 6.54 Å². The van der Waals surface area contributed by atoms with Crippen LogP contribution in [0, 0.1) is 0 Å². The number of alkyl halides is 1. The molecule has 1 aromatic rings. The van der Waals surface area contributed by atoms with Crippen molar-refractivity contribution >= 4 is 17.6 Å². The van der Waals surface area contributed by atoms with E-state index in [0.29, 0.717) is 30.3 Å². The Morgan fingerprint density at radius 3 is 2.76 bits per heavy atom. The van der Waals surface area contributed by atoms with Gasteiger partial charge in [0.2, 0.25) is 0 Å². The van der Waals surface area contributed by atoms with Crippen LogP contribution < -0.4 is 16.2 Å². The van der Waals surface area contributed by atoms with Crippen molar-refractivity contribution < 1.29 is 9.13 Å². The molecule has 0 fully saturated rings. The van der Waals surface area contributed by atoms with Crippen LogP contribution in [-0.4, -0.2) is 19.2 Å². The van der Waals surface area contributed by atoms with Crippen molar-refractivity contribution in [2.45, 2.75) is 13.0 Å². The molecule has 0 saturated carbocycles. The lowest BCUT2D eigenvalue weighted by Gasteiger charge is -2.08. The Morgan fingerprint density at radius 1 is 1.41 bits per heavy atom. The summed E-state index contributed by atoms with van der Waals surface area (Å²) in [4.78, 5) is 3.86. The topological polar surface area (TPSA) is 73.6 Å². The smallest absolute Gasteiger partial charge is 0.186 e. The number of ether oxygens (including phenoxy) is 1. The van der Waals surface area contributed by atoms with Gasteiger partial charge >= 0.3 is 0 Å². The van der Waals surface area contributed by atoms with E-state index in [0.717, 1.165) is 5.56 Å². The minimum absolute atomic E-state index is 0.0318. The van der Waals surface area contributed by atoms with E-state index < -0.39 is 6.67 Å². The molecule has 0 bridgehead atoms. The number of nitrogens with two attached hydrogens (primary N) is 2. The third-order valence-corrected chi connectivity index (χ3v) is 2.27. The molecule has 4 nitrogen and oxygen atoms in total. The summed E-state index contributed by atoms with van der Waals surface area (Å²) >= 11 is 5.99. The number of rotatable bonds is 6. The molecule has 0 amide bonds. The molecule has 0 atom stereocenters. The van der Waals surface area contributed by atoms with Gasteiger partial charge in [0.1, 0.15) is 5.75 Å². The number of benzene rings is 1. The average molecular weight is 260 g/mol. The lowest BCUT2D eigenvalue weighted by atomic mass is 10.2. The highest BCUT2D eigenvalue weighted by molar-refractivity contribution is 6.32. The molecule has 1 rings (SSSR count). The molecular formula is C11H15ClFN3O. The number of aliphatic imine (C=N–C) groups is 1. The van der Waals surface area contributed by atoms with E-state index in [9.17, 15) is 4.39 Å². The van der Waals surface area contributed by atoms with Crippen molar-refractivity contribution in [1.29, 1.82) is 0 Å². The summed E-state index contributed by atoms with van der Waals surface area (Å²) in [7, 11) is 0. The van der Waals surface area contributed by atoms with Crippen molar-refractivity contribution in [3.8, 4) is 5.75 Å². The summed E-state index contributed by atoms with van der Waals surface area (Å²) < 4.78 is 17.2. The summed E-state index contributed by atoms with van der Waals surface area (Å²) in [6, 6.07) is 5.25. The van der Waals surface area contributed by atoms with Crippen LogP contribution in [0.1, 0.15) is 12.0 Å². The summed E-state index contributed by atoms with van der Waals surface area (Å²) in [5.74, 6) is 0.568. The van der Waals surface area contributed by atoms with Crippen molar-refractivity contribution in [1.82, 2.24) is 0 Å². The van der Waals surface area contributed by atoms with Gasteiger partial charge in [-0.2, -0.15) is 0 Å². The zero-order chi connectivity index (χ0) is 12.7. The molecule has 0 saturated heterocycles. The number of nitrogens with zero attached hydrogens (tertiary/aromatic N) is 1. The van der Waals surface area contributed by atoms with E-state index in [1.165, 1.54) is 0 Å². The van der Waals surface area contributed by atoms with Gasteiger partial charge in [-0.15, -0.1) is 0 Å². The van der Waals surface area contributed by atoms with Gasteiger partial charge < -0.3 is 16.2 Å². The molecule has 0 unspecified atom stereocenters. The predicted octanol–water partition coefficient (Wildman–Crippen LogP) is 1.85. The zero-order valence-corrected chi connectivity index (χ0v) is 10.1. The van der Waals surface area contributed by atoms with Crippen LogP contribution in [0.5, 0.6) is 5.75 Å². The van der Waals surface area contributed by atoms with Crippen molar-refractivity contribution in [3.63, 3.8) is 0 Å². The van der Waals surface area contributed by atoms with Gasteiger partial charge in [-0.3, -0.25) is 4.39 Å². The highest BCUT2D eigenvalue weighted by atomic mass is 35.5. The van der Waals surface area contributed by atoms with E-state index in [4.69, 9.17) is 27.8 Å². The fraction of sp³-hybridized carbons (Fsp3) is 0.364. The lowest BCUT2D eigenvalue weighted by molar-refractivity contribution is 0.290. The average Bonchev–Trinajstić information content (AvgIpc) is 2.29. The highest BCUT2D eigenvalue weighted by Gasteiger charge is 2.03. The molecule has 0 radical (unpaired) electrons. The molecule has 0 heterocycles. The molecule has 0 aromatic heterocycles. The van der Waals surface area contributed by atoms with Gasteiger partial charge in [-0.25, -0.2) is 4.99 Å². The Labute approximate surface area is 104 Å². The van der Waals surface area contributed by atoms with E-state index in [1.807, 2.05) is 6.07 Å². The third-order valence-electron chi connectivity index (χ3n) is 1.98.